The average Bonchev–Trinajstić information content (AvgIpc) is 3.20. The predicted molar refractivity (Wildman–Crippen MR) is 226 cm³/mol. The van der Waals surface area contributed by atoms with Crippen LogP contribution >= 0.6 is 0 Å². The summed E-state index contributed by atoms with van der Waals surface area (Å²) in [5.41, 5.74) is -1.29. The third-order valence-electron chi connectivity index (χ3n) is 12.6. The van der Waals surface area contributed by atoms with Crippen LogP contribution in [0.5, 0.6) is 5.75 Å². The van der Waals surface area contributed by atoms with Gasteiger partial charge >= 0.3 is 23.9 Å². The van der Waals surface area contributed by atoms with Gasteiger partial charge in [-0.05, 0) is 152 Å². The third-order valence-corrected chi connectivity index (χ3v) is 12.6. The molecule has 0 heterocycles. The fraction of sp³-hybridized carbons (Fsp3) is 0.600. The van der Waals surface area contributed by atoms with Gasteiger partial charge in [-0.25, -0.2) is 9.59 Å². The molecular weight excluding hydrogens is 729 g/mol. The first-order valence-corrected chi connectivity index (χ1v) is 21.9. The predicted octanol–water partition coefficient (Wildman–Crippen LogP) is 11.1. The average molecular weight is 795 g/mol. The number of carbonyl (C=O) groups excluding carboxylic acids is 4. The Morgan fingerprint density at radius 1 is 0.741 bits per heavy atom. The maximum absolute atomic E-state index is 13.7. The maximum atomic E-state index is 13.7. The highest BCUT2D eigenvalue weighted by atomic mass is 16.6. The molecule has 0 aliphatic heterocycles. The van der Waals surface area contributed by atoms with Crippen LogP contribution in [0.2, 0.25) is 0 Å². The van der Waals surface area contributed by atoms with E-state index in [-0.39, 0.29) is 23.8 Å². The highest BCUT2D eigenvalue weighted by Crippen LogP contribution is 2.45. The molecule has 58 heavy (non-hydrogen) atoms. The first kappa shape index (κ1) is 44.7. The smallest absolute Gasteiger partial charge is 0.339 e. The zero-order valence-electron chi connectivity index (χ0n) is 35.7. The molecule has 0 saturated heterocycles. The van der Waals surface area contributed by atoms with Gasteiger partial charge in [0.25, 0.3) is 0 Å². The second-order valence-corrected chi connectivity index (χ2v) is 18.4. The second kappa shape index (κ2) is 20.5. The Kier molecular flexibility index (Phi) is 15.8. The summed E-state index contributed by atoms with van der Waals surface area (Å²) < 4.78 is 23.4. The Bertz CT molecular complexity index is 1740. The van der Waals surface area contributed by atoms with Crippen LogP contribution in [0, 0.1) is 41.4 Å². The van der Waals surface area contributed by atoms with Crippen LogP contribution < -0.4 is 4.74 Å². The Morgan fingerprint density at radius 2 is 1.33 bits per heavy atom. The minimum Gasteiger partial charge on any atom is -0.459 e. The van der Waals surface area contributed by atoms with E-state index in [0.717, 1.165) is 49.2 Å². The van der Waals surface area contributed by atoms with Crippen LogP contribution in [0.4, 0.5) is 0 Å². The van der Waals surface area contributed by atoms with Crippen molar-refractivity contribution in [2.75, 3.05) is 0 Å². The monoisotopic (exact) mass is 794 g/mol. The van der Waals surface area contributed by atoms with Crippen molar-refractivity contribution in [1.82, 2.24) is 0 Å². The fourth-order valence-corrected chi connectivity index (χ4v) is 9.60. The van der Waals surface area contributed by atoms with Crippen LogP contribution in [0.1, 0.15) is 160 Å². The summed E-state index contributed by atoms with van der Waals surface area (Å²) >= 11 is 0. The molecule has 3 saturated carbocycles. The van der Waals surface area contributed by atoms with Gasteiger partial charge in [-0.2, -0.15) is 0 Å². The number of esters is 4. The van der Waals surface area contributed by atoms with Gasteiger partial charge in [-0.1, -0.05) is 76.1 Å². The number of benzene rings is 2. The van der Waals surface area contributed by atoms with Crippen molar-refractivity contribution in [2.45, 2.75) is 161 Å². The molecule has 0 spiro atoms. The van der Waals surface area contributed by atoms with Crippen LogP contribution in [-0.2, 0) is 28.6 Å². The zero-order chi connectivity index (χ0) is 41.8. The van der Waals surface area contributed by atoms with Crippen molar-refractivity contribution in [1.29, 1.82) is 0 Å². The number of hydrogen-bond donors (Lipinski definition) is 0. The van der Waals surface area contributed by atoms with Gasteiger partial charge in [-0.15, -0.1) is 0 Å². The van der Waals surface area contributed by atoms with E-state index in [1.807, 2.05) is 30.3 Å². The van der Waals surface area contributed by atoms with Crippen molar-refractivity contribution < 1.29 is 38.1 Å². The largest absolute Gasteiger partial charge is 0.459 e. The van der Waals surface area contributed by atoms with Gasteiger partial charge in [0.05, 0.1) is 17.4 Å². The SMILES string of the molecule is C=CC(=O)OC(C)(C)CC(C)(C)OC(=O)C1CCC(C(=O)Oc2ccc(C(=O)OC3(C#Cc4ccccc4)CCC(C4CCC(CCCCC)CC4)CC3)cc2)CC1. The van der Waals surface area contributed by atoms with Crippen molar-refractivity contribution >= 4 is 23.9 Å². The van der Waals surface area contributed by atoms with Gasteiger partial charge < -0.3 is 18.9 Å². The van der Waals surface area contributed by atoms with E-state index in [2.05, 4.69) is 25.3 Å². The number of hydrogen-bond acceptors (Lipinski definition) is 8. The van der Waals surface area contributed by atoms with Crippen molar-refractivity contribution in [3.05, 3.63) is 78.4 Å². The van der Waals surface area contributed by atoms with Crippen molar-refractivity contribution in [2.24, 2.45) is 29.6 Å². The summed E-state index contributed by atoms with van der Waals surface area (Å²) in [6.45, 7) is 12.8. The van der Waals surface area contributed by atoms with E-state index in [0.29, 0.717) is 49.3 Å². The molecule has 0 unspecified atom stereocenters. The molecular formula is C50H66O8. The van der Waals surface area contributed by atoms with Crippen LogP contribution in [0.25, 0.3) is 0 Å². The Morgan fingerprint density at radius 3 is 1.93 bits per heavy atom. The van der Waals surface area contributed by atoms with E-state index < -0.39 is 28.7 Å². The van der Waals surface area contributed by atoms with Crippen LogP contribution in [-0.4, -0.2) is 40.7 Å². The van der Waals surface area contributed by atoms with E-state index in [9.17, 15) is 19.2 Å². The molecule has 5 rings (SSSR count). The summed E-state index contributed by atoms with van der Waals surface area (Å²) in [5, 5.41) is 0. The lowest BCUT2D eigenvalue weighted by molar-refractivity contribution is -0.172. The molecule has 0 amide bonds. The molecule has 2 aromatic carbocycles. The number of carbonyl (C=O) groups is 4. The molecule has 3 fully saturated rings. The molecule has 3 aliphatic rings. The third kappa shape index (κ3) is 13.3. The van der Waals surface area contributed by atoms with Crippen molar-refractivity contribution in [3.8, 4) is 17.6 Å². The molecule has 0 atom stereocenters. The van der Waals surface area contributed by atoms with E-state index in [1.165, 1.54) is 51.4 Å². The summed E-state index contributed by atoms with van der Waals surface area (Å²) in [7, 11) is 0. The van der Waals surface area contributed by atoms with Crippen LogP contribution in [0.15, 0.2) is 67.3 Å². The normalized spacial score (nSPS) is 24.9. The summed E-state index contributed by atoms with van der Waals surface area (Å²) in [6, 6.07) is 16.4. The van der Waals surface area contributed by atoms with Gasteiger partial charge in [-0.3, -0.25) is 9.59 Å². The Balaban J connectivity index is 1.12. The first-order valence-electron chi connectivity index (χ1n) is 21.9. The lowest BCUT2D eigenvalue weighted by Gasteiger charge is -2.41. The van der Waals surface area contributed by atoms with E-state index in [4.69, 9.17) is 18.9 Å². The molecule has 8 nitrogen and oxygen atoms in total. The summed E-state index contributed by atoms with van der Waals surface area (Å²) in [4.78, 5) is 51.7. The molecule has 0 N–H and O–H groups in total. The lowest BCUT2D eigenvalue weighted by Crippen LogP contribution is -2.41. The van der Waals surface area contributed by atoms with Crippen LogP contribution in [0.3, 0.4) is 0 Å². The number of ether oxygens (including phenoxy) is 4. The molecule has 2 aromatic rings. The molecule has 0 bridgehead atoms. The van der Waals surface area contributed by atoms with Crippen molar-refractivity contribution in [3.63, 3.8) is 0 Å². The minimum atomic E-state index is -0.863. The van der Waals surface area contributed by atoms with E-state index in [1.54, 1.807) is 52.0 Å². The fourth-order valence-electron chi connectivity index (χ4n) is 9.60. The Hall–Kier alpha value is -4.38. The van der Waals surface area contributed by atoms with E-state index >= 15 is 0 Å². The number of unbranched alkanes of at least 4 members (excludes halogenated alkanes) is 2. The van der Waals surface area contributed by atoms with Gasteiger partial charge in [0.1, 0.15) is 17.0 Å². The first-order chi connectivity index (χ1) is 27.7. The van der Waals surface area contributed by atoms with Gasteiger partial charge in [0.2, 0.25) is 0 Å². The topological polar surface area (TPSA) is 105 Å². The quantitative estimate of drug-likeness (QED) is 0.0438. The summed E-state index contributed by atoms with van der Waals surface area (Å²) in [5.74, 6) is 7.03. The lowest BCUT2D eigenvalue weighted by atomic mass is 9.67. The zero-order valence-corrected chi connectivity index (χ0v) is 35.7. The summed E-state index contributed by atoms with van der Waals surface area (Å²) in [6.07, 6.45) is 17.6. The molecule has 8 heteroatoms. The highest BCUT2D eigenvalue weighted by molar-refractivity contribution is 5.90. The second-order valence-electron chi connectivity index (χ2n) is 18.4. The molecule has 0 radical (unpaired) electrons. The number of rotatable bonds is 15. The minimum absolute atomic E-state index is 0.313. The van der Waals surface area contributed by atoms with Gasteiger partial charge in [0, 0.05) is 18.1 Å². The molecule has 3 aliphatic carbocycles. The maximum Gasteiger partial charge on any atom is 0.339 e. The highest BCUT2D eigenvalue weighted by Gasteiger charge is 2.41. The molecule has 0 aromatic heterocycles. The Labute approximate surface area is 347 Å². The van der Waals surface area contributed by atoms with Gasteiger partial charge in [0.15, 0.2) is 5.60 Å². The molecule has 314 valence electrons. The standard InChI is InChI=1S/C50H66O8/c1-7-9-11-14-37-17-19-38(20-18-37)39-30-33-50(34-31-39,32-29-36-15-12-10-13-16-36)58-47(54)42-25-27-43(28-26-42)55-45(52)40-21-23-41(24-22-40)46(53)57-49(5,6)35-48(3,4)56-44(51)8-2/h8,10,12-13,15-16,25-28,37-41H,2,7,9,11,14,17-24,30-31,33-35H2,1,3-6H3.